The van der Waals surface area contributed by atoms with E-state index in [1.165, 1.54) is 0 Å². The number of para-hydroxylation sites is 1. The molecule has 0 aliphatic heterocycles. The minimum absolute atomic E-state index is 0.163. The first-order valence-electron chi connectivity index (χ1n) is 7.74. The van der Waals surface area contributed by atoms with E-state index in [4.69, 9.17) is 5.73 Å². The van der Waals surface area contributed by atoms with Gasteiger partial charge in [0.1, 0.15) is 0 Å². The zero-order valence-corrected chi connectivity index (χ0v) is 13.4. The van der Waals surface area contributed by atoms with Gasteiger partial charge in [0.15, 0.2) is 0 Å². The van der Waals surface area contributed by atoms with Crippen LogP contribution in [0.25, 0.3) is 10.9 Å². The van der Waals surface area contributed by atoms with Crippen LogP contribution in [0.2, 0.25) is 0 Å². The second-order valence-corrected chi connectivity index (χ2v) is 5.91. The summed E-state index contributed by atoms with van der Waals surface area (Å²) in [5.74, 6) is -0.163. The number of aromatic amines is 1. The van der Waals surface area contributed by atoms with Gasteiger partial charge in [-0.2, -0.15) is 0 Å². The Morgan fingerprint density at radius 2 is 1.96 bits per heavy atom. The summed E-state index contributed by atoms with van der Waals surface area (Å²) in [6.45, 7) is 4.02. The normalized spacial score (nSPS) is 12.3. The van der Waals surface area contributed by atoms with E-state index in [0.29, 0.717) is 6.42 Å². The van der Waals surface area contributed by atoms with Crippen molar-refractivity contribution in [3.63, 3.8) is 0 Å². The first kappa shape index (κ1) is 15.3. The van der Waals surface area contributed by atoms with Gasteiger partial charge in [-0.3, -0.25) is 4.79 Å². The Morgan fingerprint density at radius 1 is 1.17 bits per heavy atom. The van der Waals surface area contributed by atoms with Gasteiger partial charge in [-0.05, 0) is 49.1 Å². The number of aromatic nitrogens is 1. The molecule has 0 aliphatic rings. The molecule has 4 nitrogen and oxygen atoms in total. The summed E-state index contributed by atoms with van der Waals surface area (Å²) in [7, 11) is 0. The second kappa shape index (κ2) is 6.26. The van der Waals surface area contributed by atoms with Crippen LogP contribution in [0, 0.1) is 13.8 Å². The van der Waals surface area contributed by atoms with Gasteiger partial charge < -0.3 is 16.0 Å². The van der Waals surface area contributed by atoms with Crippen molar-refractivity contribution in [2.24, 2.45) is 5.73 Å². The molecular weight excluding hydrogens is 286 g/mol. The van der Waals surface area contributed by atoms with E-state index in [-0.39, 0.29) is 5.91 Å². The summed E-state index contributed by atoms with van der Waals surface area (Å²) in [5, 5.41) is 4.05. The Hall–Kier alpha value is -2.59. The van der Waals surface area contributed by atoms with Gasteiger partial charge in [-0.1, -0.05) is 30.3 Å². The highest BCUT2D eigenvalue weighted by atomic mass is 16.2. The van der Waals surface area contributed by atoms with E-state index in [9.17, 15) is 4.79 Å². The Morgan fingerprint density at radius 3 is 2.78 bits per heavy atom. The Bertz CT molecular complexity index is 851. The van der Waals surface area contributed by atoms with E-state index in [0.717, 1.165) is 33.3 Å². The molecule has 0 saturated heterocycles. The molecule has 1 amide bonds. The van der Waals surface area contributed by atoms with Crippen LogP contribution in [0.3, 0.4) is 0 Å². The van der Waals surface area contributed by atoms with Crippen LogP contribution < -0.4 is 11.1 Å². The molecule has 0 spiro atoms. The highest BCUT2D eigenvalue weighted by Crippen LogP contribution is 2.20. The molecule has 23 heavy (non-hydrogen) atoms. The molecule has 0 radical (unpaired) electrons. The molecule has 1 atom stereocenters. The predicted octanol–water partition coefficient (Wildman–Crippen LogP) is 3.29. The van der Waals surface area contributed by atoms with E-state index in [2.05, 4.69) is 10.3 Å². The maximum absolute atomic E-state index is 12.4. The second-order valence-electron chi connectivity index (χ2n) is 5.91. The van der Waals surface area contributed by atoms with E-state index < -0.39 is 6.04 Å². The zero-order chi connectivity index (χ0) is 16.4. The van der Waals surface area contributed by atoms with Crippen LogP contribution in [-0.4, -0.2) is 16.9 Å². The molecule has 0 fully saturated rings. The van der Waals surface area contributed by atoms with E-state index in [1.54, 1.807) is 0 Å². The summed E-state index contributed by atoms with van der Waals surface area (Å²) in [5.41, 5.74) is 11.3. The highest BCUT2D eigenvalue weighted by molar-refractivity contribution is 5.96. The maximum Gasteiger partial charge on any atom is 0.241 e. The molecule has 2 aromatic carbocycles. The van der Waals surface area contributed by atoms with Crippen LogP contribution >= 0.6 is 0 Å². The van der Waals surface area contributed by atoms with Gasteiger partial charge in [0.25, 0.3) is 0 Å². The number of fused-ring (bicyclic) bond motifs is 1. The fraction of sp³-hybridized carbons (Fsp3) is 0.211. The lowest BCUT2D eigenvalue weighted by molar-refractivity contribution is -0.117. The molecule has 0 bridgehead atoms. The van der Waals surface area contributed by atoms with Gasteiger partial charge in [-0.15, -0.1) is 0 Å². The summed E-state index contributed by atoms with van der Waals surface area (Å²) in [6, 6.07) is 13.3. The van der Waals surface area contributed by atoms with Gasteiger partial charge in [0.2, 0.25) is 5.91 Å². The Labute approximate surface area is 135 Å². The quantitative estimate of drug-likeness (QED) is 0.692. The summed E-state index contributed by atoms with van der Waals surface area (Å²) >= 11 is 0. The standard InChI is InChI=1S/C19H21N3O/c1-12-6-5-9-17(13(12)2)22-19(23)16(20)10-14-11-21-18-8-4-3-7-15(14)18/h3-9,11,16,21H,10,20H2,1-2H3,(H,22,23)/t16-/m0/s1. The van der Waals surface area contributed by atoms with Crippen LogP contribution in [0.5, 0.6) is 0 Å². The molecule has 4 heteroatoms. The lowest BCUT2D eigenvalue weighted by Crippen LogP contribution is -2.37. The fourth-order valence-electron chi connectivity index (χ4n) is 2.74. The number of amides is 1. The van der Waals surface area contributed by atoms with E-state index in [1.807, 2.05) is 62.5 Å². The molecule has 4 N–H and O–H groups in total. The number of benzene rings is 2. The summed E-state index contributed by atoms with van der Waals surface area (Å²) < 4.78 is 0. The molecule has 1 aromatic heterocycles. The molecule has 3 rings (SSSR count). The molecular formula is C19H21N3O. The minimum atomic E-state index is -0.589. The number of nitrogens with one attached hydrogen (secondary N) is 2. The number of H-pyrrole nitrogens is 1. The molecule has 0 saturated carbocycles. The van der Waals surface area contributed by atoms with Crippen LogP contribution in [0.15, 0.2) is 48.7 Å². The number of carbonyl (C=O) groups is 1. The SMILES string of the molecule is Cc1cccc(NC(=O)[C@@H](N)Cc2c[nH]c3ccccc23)c1C. The lowest BCUT2D eigenvalue weighted by Gasteiger charge is -2.14. The van der Waals surface area contributed by atoms with Crippen LogP contribution in [-0.2, 0) is 11.2 Å². The molecule has 0 unspecified atom stereocenters. The number of carbonyl (C=O) groups excluding carboxylic acids is 1. The predicted molar refractivity (Wildman–Crippen MR) is 94.5 cm³/mol. The van der Waals surface area contributed by atoms with Crippen molar-refractivity contribution in [1.82, 2.24) is 4.98 Å². The fourth-order valence-corrected chi connectivity index (χ4v) is 2.74. The molecule has 0 aliphatic carbocycles. The van der Waals surface area contributed by atoms with Crippen LogP contribution in [0.4, 0.5) is 5.69 Å². The van der Waals surface area contributed by atoms with Crippen molar-refractivity contribution < 1.29 is 4.79 Å². The molecule has 118 valence electrons. The van der Waals surface area contributed by atoms with Crippen molar-refractivity contribution in [3.8, 4) is 0 Å². The zero-order valence-electron chi connectivity index (χ0n) is 13.4. The molecule has 1 heterocycles. The number of aryl methyl sites for hydroxylation is 1. The smallest absolute Gasteiger partial charge is 0.241 e. The average Bonchev–Trinajstić information content (AvgIpc) is 2.95. The first-order valence-corrected chi connectivity index (χ1v) is 7.74. The number of rotatable bonds is 4. The van der Waals surface area contributed by atoms with Crippen molar-refractivity contribution in [2.45, 2.75) is 26.3 Å². The number of hydrogen-bond acceptors (Lipinski definition) is 2. The van der Waals surface area contributed by atoms with Gasteiger partial charge in [-0.25, -0.2) is 0 Å². The lowest BCUT2D eigenvalue weighted by atomic mass is 10.0. The maximum atomic E-state index is 12.4. The number of nitrogens with two attached hydrogens (primary N) is 1. The first-order chi connectivity index (χ1) is 11.1. The van der Waals surface area contributed by atoms with Crippen LogP contribution in [0.1, 0.15) is 16.7 Å². The third-order valence-corrected chi connectivity index (χ3v) is 4.31. The number of hydrogen-bond donors (Lipinski definition) is 3. The highest BCUT2D eigenvalue weighted by Gasteiger charge is 2.17. The topological polar surface area (TPSA) is 70.9 Å². The van der Waals surface area contributed by atoms with Crippen molar-refractivity contribution in [3.05, 3.63) is 65.4 Å². The Balaban J connectivity index is 1.74. The third-order valence-electron chi connectivity index (χ3n) is 4.31. The van der Waals surface area contributed by atoms with Gasteiger partial charge in [0, 0.05) is 22.8 Å². The largest absolute Gasteiger partial charge is 0.361 e. The molecule has 3 aromatic rings. The summed E-state index contributed by atoms with van der Waals surface area (Å²) in [4.78, 5) is 15.6. The van der Waals surface area contributed by atoms with E-state index >= 15 is 0 Å². The van der Waals surface area contributed by atoms with Crippen molar-refractivity contribution in [2.75, 3.05) is 5.32 Å². The van der Waals surface area contributed by atoms with Crippen molar-refractivity contribution >= 4 is 22.5 Å². The van der Waals surface area contributed by atoms with Gasteiger partial charge in [0.05, 0.1) is 6.04 Å². The van der Waals surface area contributed by atoms with Crippen molar-refractivity contribution in [1.29, 1.82) is 0 Å². The minimum Gasteiger partial charge on any atom is -0.361 e. The summed E-state index contributed by atoms with van der Waals surface area (Å²) in [6.07, 6.45) is 2.43. The third kappa shape index (κ3) is 3.12. The monoisotopic (exact) mass is 307 g/mol. The van der Waals surface area contributed by atoms with Gasteiger partial charge >= 0.3 is 0 Å². The Kier molecular flexibility index (Phi) is 4.17. The number of anilines is 1. The average molecular weight is 307 g/mol.